The molecular formula is C13H20N2O3S. The summed E-state index contributed by atoms with van der Waals surface area (Å²) in [4.78, 5) is 11.8. The molecule has 6 heteroatoms. The molecule has 0 aliphatic rings. The van der Waals surface area contributed by atoms with E-state index < -0.39 is 15.9 Å². The number of hydrogen-bond donors (Lipinski definition) is 2. The molecular weight excluding hydrogens is 264 g/mol. The number of benzene rings is 1. The van der Waals surface area contributed by atoms with Crippen LogP contribution in [0.3, 0.4) is 0 Å². The van der Waals surface area contributed by atoms with Crippen LogP contribution in [0.1, 0.15) is 20.3 Å². The molecule has 106 valence electrons. The fourth-order valence-corrected chi connectivity index (χ4v) is 2.38. The van der Waals surface area contributed by atoms with E-state index in [4.69, 9.17) is 0 Å². The van der Waals surface area contributed by atoms with E-state index in [1.165, 1.54) is 6.07 Å². The van der Waals surface area contributed by atoms with Crippen LogP contribution in [0.15, 0.2) is 29.2 Å². The molecule has 1 aromatic carbocycles. The van der Waals surface area contributed by atoms with Gasteiger partial charge in [-0.15, -0.1) is 0 Å². The van der Waals surface area contributed by atoms with E-state index >= 15 is 0 Å². The average Bonchev–Trinajstić information content (AvgIpc) is 2.27. The zero-order valence-corrected chi connectivity index (χ0v) is 12.3. The summed E-state index contributed by atoms with van der Waals surface area (Å²) in [5, 5.41) is 5.26. The van der Waals surface area contributed by atoms with Gasteiger partial charge in [-0.05, 0) is 24.5 Å². The monoisotopic (exact) mass is 284 g/mol. The Balaban J connectivity index is 2.70. The molecule has 2 amide bonds. The van der Waals surface area contributed by atoms with Gasteiger partial charge in [0, 0.05) is 12.8 Å². The van der Waals surface area contributed by atoms with Gasteiger partial charge in [0.1, 0.15) is 0 Å². The number of carbonyl (C=O) groups excluding carboxylic acids is 1. The second-order valence-corrected chi connectivity index (χ2v) is 6.82. The lowest BCUT2D eigenvalue weighted by Gasteiger charge is -2.11. The third-order valence-electron chi connectivity index (χ3n) is 2.54. The van der Waals surface area contributed by atoms with Crippen molar-refractivity contribution in [1.82, 2.24) is 5.32 Å². The summed E-state index contributed by atoms with van der Waals surface area (Å²) in [6, 6.07) is 5.95. The summed E-state index contributed by atoms with van der Waals surface area (Å²) in [6.07, 6.45) is 1.99. The molecule has 0 atom stereocenters. The largest absolute Gasteiger partial charge is 0.338 e. The smallest absolute Gasteiger partial charge is 0.319 e. The van der Waals surface area contributed by atoms with Gasteiger partial charge in [-0.25, -0.2) is 13.2 Å². The molecule has 2 N–H and O–H groups in total. The zero-order chi connectivity index (χ0) is 14.5. The Bertz CT molecular complexity index is 539. The molecule has 0 unspecified atom stereocenters. The van der Waals surface area contributed by atoms with Crippen molar-refractivity contribution < 1.29 is 13.2 Å². The highest BCUT2D eigenvalue weighted by Gasteiger charge is 2.14. The predicted molar refractivity (Wildman–Crippen MR) is 76.0 cm³/mol. The lowest BCUT2D eigenvalue weighted by atomic mass is 10.1. The first-order chi connectivity index (χ1) is 8.80. The van der Waals surface area contributed by atoms with E-state index in [1.54, 1.807) is 18.2 Å². The number of rotatable bonds is 5. The Morgan fingerprint density at radius 1 is 1.26 bits per heavy atom. The Kier molecular flexibility index (Phi) is 5.35. The summed E-state index contributed by atoms with van der Waals surface area (Å²) in [5.74, 6) is 0.503. The fraction of sp³-hybridized carbons (Fsp3) is 0.462. The van der Waals surface area contributed by atoms with E-state index in [2.05, 4.69) is 24.5 Å². The van der Waals surface area contributed by atoms with Crippen LogP contribution in [0, 0.1) is 5.92 Å². The first-order valence-corrected chi connectivity index (χ1v) is 8.04. The number of anilines is 1. The van der Waals surface area contributed by atoms with Gasteiger partial charge in [-0.3, -0.25) is 0 Å². The quantitative estimate of drug-likeness (QED) is 0.871. The van der Waals surface area contributed by atoms with Crippen molar-refractivity contribution in [2.75, 3.05) is 18.1 Å². The Morgan fingerprint density at radius 3 is 2.47 bits per heavy atom. The van der Waals surface area contributed by atoms with E-state index in [1.807, 2.05) is 0 Å². The molecule has 0 heterocycles. The summed E-state index contributed by atoms with van der Waals surface area (Å²) in [5.41, 5.74) is 0.298. The van der Waals surface area contributed by atoms with E-state index in [9.17, 15) is 13.2 Å². The molecule has 0 saturated heterocycles. The summed E-state index contributed by atoms with van der Waals surface area (Å²) < 4.78 is 23.1. The van der Waals surface area contributed by atoms with Crippen LogP contribution < -0.4 is 10.6 Å². The van der Waals surface area contributed by atoms with E-state index in [0.29, 0.717) is 18.2 Å². The van der Waals surface area contributed by atoms with Crippen LogP contribution >= 0.6 is 0 Å². The number of amides is 2. The zero-order valence-electron chi connectivity index (χ0n) is 11.4. The SMILES string of the molecule is CC(C)CCNC(=O)Nc1ccccc1S(C)(=O)=O. The highest BCUT2D eigenvalue weighted by Crippen LogP contribution is 2.20. The van der Waals surface area contributed by atoms with Gasteiger partial charge < -0.3 is 10.6 Å². The average molecular weight is 284 g/mol. The normalized spacial score (nSPS) is 11.4. The Morgan fingerprint density at radius 2 is 1.89 bits per heavy atom. The lowest BCUT2D eigenvalue weighted by Crippen LogP contribution is -2.30. The molecule has 19 heavy (non-hydrogen) atoms. The Labute approximate surface area is 114 Å². The van der Waals surface area contributed by atoms with Gasteiger partial charge in [-0.2, -0.15) is 0 Å². The van der Waals surface area contributed by atoms with Crippen LogP contribution in [0.25, 0.3) is 0 Å². The van der Waals surface area contributed by atoms with Crippen LogP contribution in [-0.2, 0) is 9.84 Å². The molecule has 1 rings (SSSR count). The number of nitrogens with one attached hydrogen (secondary N) is 2. The minimum atomic E-state index is -3.36. The van der Waals surface area contributed by atoms with Gasteiger partial charge in [0.15, 0.2) is 9.84 Å². The van der Waals surface area contributed by atoms with Crippen LogP contribution in [0.5, 0.6) is 0 Å². The fourth-order valence-electron chi connectivity index (χ4n) is 1.53. The number of carbonyl (C=O) groups is 1. The maximum absolute atomic E-state index is 11.7. The van der Waals surface area contributed by atoms with Crippen LogP contribution in [-0.4, -0.2) is 27.2 Å². The van der Waals surface area contributed by atoms with Crippen molar-refractivity contribution >= 4 is 21.6 Å². The molecule has 1 aromatic rings. The van der Waals surface area contributed by atoms with E-state index in [-0.39, 0.29) is 4.90 Å². The molecule has 0 aromatic heterocycles. The first kappa shape index (κ1) is 15.5. The number of urea groups is 1. The summed E-state index contributed by atoms with van der Waals surface area (Å²) in [7, 11) is -3.36. The second kappa shape index (κ2) is 6.56. The van der Waals surface area contributed by atoms with Crippen molar-refractivity contribution in [3.05, 3.63) is 24.3 Å². The van der Waals surface area contributed by atoms with Gasteiger partial charge in [0.05, 0.1) is 10.6 Å². The molecule has 5 nitrogen and oxygen atoms in total. The molecule has 0 radical (unpaired) electrons. The van der Waals surface area contributed by atoms with Gasteiger partial charge >= 0.3 is 6.03 Å². The maximum atomic E-state index is 11.7. The minimum Gasteiger partial charge on any atom is -0.338 e. The molecule has 0 spiro atoms. The summed E-state index contributed by atoms with van der Waals surface area (Å²) in [6.45, 7) is 4.70. The van der Waals surface area contributed by atoms with Gasteiger partial charge in [0.2, 0.25) is 0 Å². The first-order valence-electron chi connectivity index (χ1n) is 6.14. The van der Waals surface area contributed by atoms with Gasteiger partial charge in [-0.1, -0.05) is 26.0 Å². The standard InChI is InChI=1S/C13H20N2O3S/c1-10(2)8-9-14-13(16)15-11-6-4-5-7-12(11)19(3,17)18/h4-7,10H,8-9H2,1-3H3,(H2,14,15,16). The van der Waals surface area contributed by atoms with Crippen molar-refractivity contribution in [3.8, 4) is 0 Å². The van der Waals surface area contributed by atoms with Gasteiger partial charge in [0.25, 0.3) is 0 Å². The predicted octanol–water partition coefficient (Wildman–Crippen LogP) is 2.26. The highest BCUT2D eigenvalue weighted by molar-refractivity contribution is 7.90. The van der Waals surface area contributed by atoms with Crippen LogP contribution in [0.2, 0.25) is 0 Å². The lowest BCUT2D eigenvalue weighted by molar-refractivity contribution is 0.251. The third kappa shape index (κ3) is 5.30. The van der Waals surface area contributed by atoms with Crippen molar-refractivity contribution in [3.63, 3.8) is 0 Å². The minimum absolute atomic E-state index is 0.119. The number of sulfone groups is 1. The molecule has 0 aliphatic heterocycles. The topological polar surface area (TPSA) is 75.3 Å². The maximum Gasteiger partial charge on any atom is 0.319 e. The van der Waals surface area contributed by atoms with Crippen molar-refractivity contribution in [2.45, 2.75) is 25.2 Å². The van der Waals surface area contributed by atoms with Crippen LogP contribution in [0.4, 0.5) is 10.5 Å². The number of hydrogen-bond acceptors (Lipinski definition) is 3. The molecule has 0 aliphatic carbocycles. The summed E-state index contributed by atoms with van der Waals surface area (Å²) >= 11 is 0. The molecule has 0 fully saturated rings. The highest BCUT2D eigenvalue weighted by atomic mass is 32.2. The second-order valence-electron chi connectivity index (χ2n) is 4.83. The van der Waals surface area contributed by atoms with Crippen molar-refractivity contribution in [2.24, 2.45) is 5.92 Å². The molecule has 0 bridgehead atoms. The third-order valence-corrected chi connectivity index (χ3v) is 3.70. The number of para-hydroxylation sites is 1. The Hall–Kier alpha value is -1.56. The van der Waals surface area contributed by atoms with E-state index in [0.717, 1.165) is 12.7 Å². The van der Waals surface area contributed by atoms with Crippen molar-refractivity contribution in [1.29, 1.82) is 0 Å². The molecule has 0 saturated carbocycles.